The van der Waals surface area contributed by atoms with Crippen LogP contribution in [0.4, 0.5) is 0 Å². The van der Waals surface area contributed by atoms with Crippen molar-refractivity contribution in [2.75, 3.05) is 0 Å². The third kappa shape index (κ3) is 2.41. The van der Waals surface area contributed by atoms with E-state index in [-0.39, 0.29) is 0 Å². The summed E-state index contributed by atoms with van der Waals surface area (Å²) in [5.74, 6) is -0.806. The number of allylic oxidation sites excluding steroid dienone is 3. The van der Waals surface area contributed by atoms with Gasteiger partial charge in [0.1, 0.15) is 0 Å². The van der Waals surface area contributed by atoms with Gasteiger partial charge in [0.2, 0.25) is 0 Å². The van der Waals surface area contributed by atoms with Crippen LogP contribution in [0.2, 0.25) is 5.82 Å². The molecule has 1 aliphatic carbocycles. The van der Waals surface area contributed by atoms with Crippen molar-refractivity contribution in [1.82, 2.24) is 0 Å². The van der Waals surface area contributed by atoms with Gasteiger partial charge in [0.25, 0.3) is 0 Å². The van der Waals surface area contributed by atoms with Gasteiger partial charge in [0, 0.05) is 0 Å². The van der Waals surface area contributed by atoms with Crippen molar-refractivity contribution < 1.29 is 9.90 Å². The van der Waals surface area contributed by atoms with Crippen LogP contribution in [-0.4, -0.2) is 24.5 Å². The van der Waals surface area contributed by atoms with Crippen LogP contribution in [0.1, 0.15) is 13.3 Å². The van der Waals surface area contributed by atoms with E-state index in [1.165, 1.54) is 0 Å². The molecule has 1 N–H and O–H groups in total. The van der Waals surface area contributed by atoms with Crippen molar-refractivity contribution in [2.24, 2.45) is 5.92 Å². The Labute approximate surface area is 78.9 Å². The Hall–Kier alpha value is -1.12. The summed E-state index contributed by atoms with van der Waals surface area (Å²) >= 11 is 0. The third-order valence-corrected chi connectivity index (χ3v) is 2.33. The van der Waals surface area contributed by atoms with Crippen LogP contribution in [0.3, 0.4) is 0 Å². The SMILES string of the molecule is C=BC1C=CC(C(C)C(=O)O)=CC1. The number of carbonyl (C=O) groups is 1. The summed E-state index contributed by atoms with van der Waals surface area (Å²) in [4.78, 5) is 10.7. The van der Waals surface area contributed by atoms with E-state index in [2.05, 4.69) is 6.47 Å². The number of hydrogen-bond acceptors (Lipinski definition) is 1. The van der Waals surface area contributed by atoms with Gasteiger partial charge >= 0.3 is 78.1 Å². The summed E-state index contributed by atoms with van der Waals surface area (Å²) in [5, 5.41) is 8.76. The molecule has 2 atom stereocenters. The number of aliphatic carboxylic acids is 1. The van der Waals surface area contributed by atoms with Crippen LogP contribution in [0.5, 0.6) is 0 Å². The predicted octanol–water partition coefficient (Wildman–Crippen LogP) is 1.52. The summed E-state index contributed by atoms with van der Waals surface area (Å²) in [6.45, 7) is 7.26. The van der Waals surface area contributed by atoms with Gasteiger partial charge in [0.05, 0.1) is 0 Å². The average molecular weight is 176 g/mol. The van der Waals surface area contributed by atoms with Gasteiger partial charge in [-0.3, -0.25) is 0 Å². The maximum atomic E-state index is 10.7. The molecular weight excluding hydrogens is 163 g/mol. The Morgan fingerprint density at radius 1 is 1.85 bits per heavy atom. The van der Waals surface area contributed by atoms with Gasteiger partial charge in [-0.2, -0.15) is 0 Å². The van der Waals surface area contributed by atoms with Gasteiger partial charge in [0.15, 0.2) is 0 Å². The Morgan fingerprint density at radius 2 is 2.54 bits per heavy atom. The molecule has 0 saturated carbocycles. The first-order valence-corrected chi connectivity index (χ1v) is 4.38. The van der Waals surface area contributed by atoms with Crippen LogP contribution < -0.4 is 0 Å². The normalized spacial score (nSPS) is 23.2. The Kier molecular flexibility index (Phi) is 3.23. The molecule has 0 aromatic heterocycles. The molecule has 0 fully saturated rings. The summed E-state index contributed by atoms with van der Waals surface area (Å²) in [6.07, 6.45) is 6.73. The van der Waals surface area contributed by atoms with Crippen LogP contribution in [0, 0.1) is 5.92 Å². The van der Waals surface area contributed by atoms with E-state index in [0.29, 0.717) is 5.82 Å². The summed E-state index contributed by atoms with van der Waals surface area (Å²) in [7, 11) is 0. The molecule has 0 amide bonds. The van der Waals surface area contributed by atoms with E-state index in [1.807, 2.05) is 25.1 Å². The number of carboxylic acids is 1. The Morgan fingerprint density at radius 3 is 2.92 bits per heavy atom. The second-order valence-electron chi connectivity index (χ2n) is 3.26. The van der Waals surface area contributed by atoms with E-state index in [0.717, 1.165) is 12.0 Å². The first-order valence-electron chi connectivity index (χ1n) is 4.38. The molecule has 0 radical (unpaired) electrons. The molecule has 0 aliphatic heterocycles. The standard InChI is InChI=1S/C10H13BO2/c1-7(10(12)13)8-3-5-9(11-2)6-4-8/h3-5,7,9H,2,6H2,1H3,(H,12,13). The zero-order valence-electron chi connectivity index (χ0n) is 7.73. The van der Waals surface area contributed by atoms with Gasteiger partial charge in [-0.25, -0.2) is 0 Å². The zero-order chi connectivity index (χ0) is 9.84. The summed E-state index contributed by atoms with van der Waals surface area (Å²) in [5.41, 5.74) is 0.894. The summed E-state index contributed by atoms with van der Waals surface area (Å²) < 4.78 is 0. The molecular formula is C10H13BO2. The second-order valence-corrected chi connectivity index (χ2v) is 3.26. The van der Waals surface area contributed by atoms with Crippen molar-refractivity contribution in [1.29, 1.82) is 0 Å². The molecule has 0 aromatic carbocycles. The molecule has 1 rings (SSSR count). The molecule has 2 unspecified atom stereocenters. The molecule has 2 nitrogen and oxygen atoms in total. The van der Waals surface area contributed by atoms with Gasteiger partial charge in [-0.1, -0.05) is 0 Å². The predicted molar refractivity (Wildman–Crippen MR) is 55.3 cm³/mol. The minimum atomic E-state index is -0.770. The second kappa shape index (κ2) is 4.22. The molecule has 0 saturated heterocycles. The van der Waals surface area contributed by atoms with Crippen LogP contribution in [-0.2, 0) is 4.79 Å². The van der Waals surface area contributed by atoms with Crippen molar-refractivity contribution in [3.63, 3.8) is 0 Å². The van der Waals surface area contributed by atoms with E-state index in [1.54, 1.807) is 6.92 Å². The van der Waals surface area contributed by atoms with Gasteiger partial charge in [-0.15, -0.1) is 0 Å². The monoisotopic (exact) mass is 176 g/mol. The van der Waals surface area contributed by atoms with Gasteiger partial charge in [-0.05, 0) is 0 Å². The fraction of sp³-hybridized carbons (Fsp3) is 0.400. The van der Waals surface area contributed by atoms with Crippen molar-refractivity contribution in [3.8, 4) is 0 Å². The number of rotatable bonds is 3. The topological polar surface area (TPSA) is 37.3 Å². The van der Waals surface area contributed by atoms with Crippen LogP contribution >= 0.6 is 0 Å². The van der Waals surface area contributed by atoms with Crippen LogP contribution in [0.15, 0.2) is 23.8 Å². The quantitative estimate of drug-likeness (QED) is 0.661. The third-order valence-electron chi connectivity index (χ3n) is 2.33. The first kappa shape index (κ1) is 9.97. The van der Waals surface area contributed by atoms with Crippen molar-refractivity contribution >= 4 is 19.4 Å². The van der Waals surface area contributed by atoms with Crippen molar-refractivity contribution in [2.45, 2.75) is 19.2 Å². The number of hydrogen-bond donors (Lipinski definition) is 1. The fourth-order valence-electron chi connectivity index (χ4n) is 1.29. The van der Waals surface area contributed by atoms with E-state index in [9.17, 15) is 4.79 Å². The van der Waals surface area contributed by atoms with Crippen LogP contribution in [0.25, 0.3) is 0 Å². The van der Waals surface area contributed by atoms with Gasteiger partial charge < -0.3 is 0 Å². The van der Waals surface area contributed by atoms with E-state index >= 15 is 0 Å². The molecule has 0 aromatic rings. The Bertz CT molecular complexity index is 279. The molecule has 13 heavy (non-hydrogen) atoms. The molecule has 3 heteroatoms. The molecule has 0 heterocycles. The summed E-state index contributed by atoms with van der Waals surface area (Å²) in [6, 6.07) is 0. The van der Waals surface area contributed by atoms with E-state index in [4.69, 9.17) is 5.11 Å². The fourth-order valence-corrected chi connectivity index (χ4v) is 1.29. The van der Waals surface area contributed by atoms with Crippen molar-refractivity contribution in [3.05, 3.63) is 23.8 Å². The number of carboxylic acid groups (broad SMARTS) is 1. The molecule has 0 spiro atoms. The van der Waals surface area contributed by atoms with E-state index < -0.39 is 11.9 Å². The Balaban J connectivity index is 2.66. The zero-order valence-corrected chi connectivity index (χ0v) is 7.73. The maximum absolute atomic E-state index is 10.7. The average Bonchev–Trinajstić information content (AvgIpc) is 2.17. The minimum absolute atomic E-state index is 0.366. The molecule has 68 valence electrons. The molecule has 1 aliphatic rings. The molecule has 0 bridgehead atoms. The first-order chi connectivity index (χ1) is 6.15.